The maximum absolute atomic E-state index is 13.2. The zero-order chi connectivity index (χ0) is 31.6. The van der Waals surface area contributed by atoms with Crippen LogP contribution in [0.5, 0.6) is 0 Å². The second-order valence-electron chi connectivity index (χ2n) is 9.93. The Morgan fingerprint density at radius 2 is 1.16 bits per heavy atom. The molecule has 8 heteroatoms. The molecule has 0 spiro atoms. The van der Waals surface area contributed by atoms with Crippen molar-refractivity contribution in [2.24, 2.45) is 5.16 Å². The van der Waals surface area contributed by atoms with Crippen molar-refractivity contribution in [3.63, 3.8) is 0 Å². The third-order valence-corrected chi connectivity index (χ3v) is 8.97. The fourth-order valence-corrected chi connectivity index (χ4v) is 6.18. The first-order valence-corrected chi connectivity index (χ1v) is 16.3. The molecule has 0 amide bonds. The summed E-state index contributed by atoms with van der Waals surface area (Å²) in [4.78, 5) is 45.4. The molecule has 0 saturated carbocycles. The predicted octanol–water partition coefficient (Wildman–Crippen LogP) is 9.67. The Morgan fingerprint density at radius 1 is 0.644 bits per heavy atom. The third kappa shape index (κ3) is 9.05. The lowest BCUT2D eigenvalue weighted by Crippen LogP contribution is -2.16. The number of Topliss-reactive ketones (excluding diaryl/α,β-unsaturated/α-hetero) is 1. The fourth-order valence-electron chi connectivity index (χ4n) is 4.38. The summed E-state index contributed by atoms with van der Waals surface area (Å²) in [5, 5.41) is 4.50. The fraction of sp³-hybridized carbons (Fsp3) is 0.0811. The number of rotatable bonds is 12. The van der Waals surface area contributed by atoms with E-state index < -0.39 is 5.97 Å². The molecule has 45 heavy (non-hydrogen) atoms. The Kier molecular flexibility index (Phi) is 11.0. The van der Waals surface area contributed by atoms with Crippen LogP contribution in [0.25, 0.3) is 11.1 Å². The molecule has 5 rings (SSSR count). The number of halogens is 1. The molecule has 0 fully saturated rings. The van der Waals surface area contributed by atoms with Gasteiger partial charge in [0.05, 0.1) is 0 Å². The van der Waals surface area contributed by atoms with E-state index in [1.807, 2.05) is 115 Å². The van der Waals surface area contributed by atoms with Crippen molar-refractivity contribution in [1.82, 2.24) is 0 Å². The van der Waals surface area contributed by atoms with Crippen molar-refractivity contribution < 1.29 is 19.2 Å². The molecule has 0 aliphatic rings. The smallest absolute Gasteiger partial charge is 0.318 e. The number of hydrogen-bond donors (Lipinski definition) is 0. The maximum atomic E-state index is 13.2. The van der Waals surface area contributed by atoms with Crippen LogP contribution in [0, 0.1) is 0 Å². The number of carbonyl (C=O) groups excluding carboxylic acids is 3. The van der Waals surface area contributed by atoms with Gasteiger partial charge in [-0.2, -0.15) is 0 Å². The molecule has 224 valence electrons. The van der Waals surface area contributed by atoms with Crippen LogP contribution >= 0.6 is 35.1 Å². The first-order valence-electron chi connectivity index (χ1n) is 14.1. The first kappa shape index (κ1) is 32.0. The minimum Gasteiger partial charge on any atom is -0.318 e. The predicted molar refractivity (Wildman–Crippen MR) is 183 cm³/mol. The average molecular weight is 650 g/mol. The molecule has 5 aromatic carbocycles. The summed E-state index contributed by atoms with van der Waals surface area (Å²) in [6.07, 6.45) is 0.318. The van der Waals surface area contributed by atoms with E-state index in [0.717, 1.165) is 25.8 Å². The molecule has 0 unspecified atom stereocenters. The summed E-state index contributed by atoms with van der Waals surface area (Å²) >= 11 is 9.03. The van der Waals surface area contributed by atoms with Gasteiger partial charge in [-0.3, -0.25) is 9.59 Å². The zero-order valence-electron chi connectivity index (χ0n) is 24.3. The van der Waals surface area contributed by atoms with Crippen molar-refractivity contribution in [1.29, 1.82) is 0 Å². The van der Waals surface area contributed by atoms with Gasteiger partial charge in [-0.1, -0.05) is 83.1 Å². The lowest BCUT2D eigenvalue weighted by atomic mass is 9.99. The van der Waals surface area contributed by atoms with E-state index in [1.165, 1.54) is 18.7 Å². The third-order valence-electron chi connectivity index (χ3n) is 6.69. The van der Waals surface area contributed by atoms with Crippen LogP contribution in [0.1, 0.15) is 39.6 Å². The van der Waals surface area contributed by atoms with Crippen LogP contribution in [0.15, 0.2) is 147 Å². The average Bonchev–Trinajstić information content (AvgIpc) is 3.07. The number of hydrogen-bond acceptors (Lipinski definition) is 7. The summed E-state index contributed by atoms with van der Waals surface area (Å²) < 4.78 is 0. The molecular weight excluding hydrogens is 622 g/mol. The number of benzene rings is 5. The Balaban J connectivity index is 1.19. The highest BCUT2D eigenvalue weighted by molar-refractivity contribution is 7.99. The summed E-state index contributed by atoms with van der Waals surface area (Å²) in [6, 6.07) is 39.8. The van der Waals surface area contributed by atoms with Crippen LogP contribution in [-0.4, -0.2) is 29.0 Å². The van der Waals surface area contributed by atoms with Gasteiger partial charge in [0.1, 0.15) is 5.71 Å². The second kappa shape index (κ2) is 15.5. The molecule has 0 atom stereocenters. The Hall–Kier alpha value is -4.43. The minimum absolute atomic E-state index is 0.0354. The van der Waals surface area contributed by atoms with Gasteiger partial charge in [0, 0.05) is 55.5 Å². The van der Waals surface area contributed by atoms with Gasteiger partial charge in [-0.15, -0.1) is 11.8 Å². The normalized spacial score (nSPS) is 11.2. The molecule has 0 N–H and O–H groups in total. The van der Waals surface area contributed by atoms with E-state index in [0.29, 0.717) is 33.9 Å². The molecule has 0 heterocycles. The van der Waals surface area contributed by atoms with Gasteiger partial charge in [-0.05, 0) is 83.9 Å². The Labute approximate surface area is 275 Å². The number of carbonyl (C=O) groups is 3. The monoisotopic (exact) mass is 649 g/mol. The quantitative estimate of drug-likeness (QED) is 0.0440. The van der Waals surface area contributed by atoms with Gasteiger partial charge >= 0.3 is 5.97 Å². The first-order chi connectivity index (χ1) is 21.9. The maximum Gasteiger partial charge on any atom is 0.331 e. The number of thioether (sulfide) groups is 1. The molecule has 0 radical (unpaired) electrons. The van der Waals surface area contributed by atoms with E-state index in [9.17, 15) is 14.4 Å². The Morgan fingerprint density at radius 3 is 1.73 bits per heavy atom. The van der Waals surface area contributed by atoms with E-state index in [-0.39, 0.29) is 17.3 Å². The second-order valence-corrected chi connectivity index (χ2v) is 12.7. The van der Waals surface area contributed by atoms with E-state index in [4.69, 9.17) is 16.4 Å². The number of ketones is 2. The van der Waals surface area contributed by atoms with Crippen molar-refractivity contribution in [3.05, 3.63) is 149 Å². The summed E-state index contributed by atoms with van der Waals surface area (Å²) in [5.74, 6) is -0.360. The van der Waals surface area contributed by atoms with Gasteiger partial charge in [0.15, 0.2) is 5.78 Å². The summed E-state index contributed by atoms with van der Waals surface area (Å²) in [5.41, 5.74) is 4.03. The molecule has 5 nitrogen and oxygen atoms in total. The lowest BCUT2D eigenvalue weighted by molar-refractivity contribution is -0.140. The van der Waals surface area contributed by atoms with Gasteiger partial charge in [-0.25, -0.2) is 4.79 Å². The van der Waals surface area contributed by atoms with Gasteiger partial charge in [0.25, 0.3) is 0 Å². The van der Waals surface area contributed by atoms with Crippen LogP contribution in [0.2, 0.25) is 5.02 Å². The number of oxime groups is 1. The topological polar surface area (TPSA) is 72.8 Å². The number of nitrogens with zero attached hydrogens (tertiary/aromatic N) is 1. The highest BCUT2D eigenvalue weighted by Crippen LogP contribution is 2.29. The van der Waals surface area contributed by atoms with Crippen molar-refractivity contribution >= 4 is 58.4 Å². The summed E-state index contributed by atoms with van der Waals surface area (Å²) in [7, 11) is 0. The summed E-state index contributed by atoms with van der Waals surface area (Å²) in [6.45, 7) is 1.24. The van der Waals surface area contributed by atoms with E-state index >= 15 is 0 Å². The SMILES string of the molecule is CC(=O)O/N=C(/CCSc1ccc(Cl)cc1)C(=O)c1ccc(Sc2ccc(C(=O)c3ccc(-c4ccccc4)cc3)cc2)cc1. The van der Waals surface area contributed by atoms with E-state index in [2.05, 4.69) is 5.16 Å². The van der Waals surface area contributed by atoms with Crippen LogP contribution < -0.4 is 0 Å². The van der Waals surface area contributed by atoms with Crippen molar-refractivity contribution in [2.45, 2.75) is 28.0 Å². The zero-order valence-corrected chi connectivity index (χ0v) is 26.7. The molecule has 0 saturated heterocycles. The highest BCUT2D eigenvalue weighted by Gasteiger charge is 2.16. The molecular formula is C37H28ClNO4S2. The molecule has 0 aliphatic carbocycles. The highest BCUT2D eigenvalue weighted by atomic mass is 35.5. The molecule has 5 aromatic rings. The van der Waals surface area contributed by atoms with E-state index in [1.54, 1.807) is 23.9 Å². The van der Waals surface area contributed by atoms with Crippen molar-refractivity contribution in [2.75, 3.05) is 5.75 Å². The molecule has 0 aliphatic heterocycles. The van der Waals surface area contributed by atoms with Gasteiger partial charge in [0.2, 0.25) is 5.78 Å². The van der Waals surface area contributed by atoms with Crippen LogP contribution in [0.4, 0.5) is 0 Å². The standard InChI is InChI=1S/C37H28ClNO4S2/c1-25(40)43-39-35(23-24-44-32-21-15-31(38)16-22-32)37(42)30-13-19-34(20-14-30)45-33-17-11-29(12-18-33)36(41)28-9-7-27(8-10-28)26-5-3-2-4-6-26/h2-22H,23-24H2,1H3/b39-35-. The molecule has 0 bridgehead atoms. The van der Waals surface area contributed by atoms with Crippen molar-refractivity contribution in [3.8, 4) is 11.1 Å². The van der Waals surface area contributed by atoms with Crippen LogP contribution in [-0.2, 0) is 9.63 Å². The minimum atomic E-state index is -0.592. The Bertz CT molecular complexity index is 1800. The lowest BCUT2D eigenvalue weighted by Gasteiger charge is -2.08. The van der Waals surface area contributed by atoms with Crippen LogP contribution in [0.3, 0.4) is 0 Å². The van der Waals surface area contributed by atoms with Gasteiger partial charge < -0.3 is 4.84 Å². The molecule has 0 aromatic heterocycles. The largest absolute Gasteiger partial charge is 0.331 e.